The van der Waals surface area contributed by atoms with Crippen molar-refractivity contribution in [1.82, 2.24) is 0 Å². The van der Waals surface area contributed by atoms with Crippen LogP contribution in [0.1, 0.15) is 78.6 Å². The average Bonchev–Trinajstić information content (AvgIpc) is 2.45. The molecule has 3 atom stereocenters. The summed E-state index contributed by atoms with van der Waals surface area (Å²) in [5, 5.41) is 8.86. The second kappa shape index (κ2) is 13.6. The summed E-state index contributed by atoms with van der Waals surface area (Å²) in [7, 11) is 0. The lowest BCUT2D eigenvalue weighted by molar-refractivity contribution is -0.138. The van der Waals surface area contributed by atoms with Gasteiger partial charge in [0.25, 0.3) is 0 Å². The van der Waals surface area contributed by atoms with Crippen molar-refractivity contribution in [2.45, 2.75) is 78.6 Å². The van der Waals surface area contributed by atoms with E-state index in [0.29, 0.717) is 11.8 Å². The highest BCUT2D eigenvalue weighted by atomic mass is 16.4. The molecule has 0 aromatic heterocycles. The summed E-state index contributed by atoms with van der Waals surface area (Å²) in [5.41, 5.74) is 0. The van der Waals surface area contributed by atoms with Crippen molar-refractivity contribution < 1.29 is 9.90 Å². The lowest BCUT2D eigenvalue weighted by atomic mass is 9.84. The molecule has 0 radical (unpaired) electrons. The van der Waals surface area contributed by atoms with E-state index in [1.807, 2.05) is 13.0 Å². The molecule has 0 spiro atoms. The van der Waals surface area contributed by atoms with Gasteiger partial charge in [0.1, 0.15) is 0 Å². The molecule has 0 saturated carbocycles. The lowest BCUT2D eigenvalue weighted by Gasteiger charge is -2.21. The highest BCUT2D eigenvalue weighted by Crippen LogP contribution is 2.26. The summed E-state index contributed by atoms with van der Waals surface area (Å²) in [6.07, 6.45) is 16.5. The number of allylic oxidation sites excluding steroid dienone is 3. The van der Waals surface area contributed by atoms with Crippen molar-refractivity contribution >= 4 is 5.97 Å². The topological polar surface area (TPSA) is 37.3 Å². The first-order valence-electron chi connectivity index (χ1n) is 9.00. The molecule has 2 nitrogen and oxygen atoms in total. The molecule has 2 heteroatoms. The molecular formula is C20H36O2. The van der Waals surface area contributed by atoms with Crippen LogP contribution in [-0.2, 0) is 4.79 Å². The number of hydrogen-bond donors (Lipinski definition) is 1. The van der Waals surface area contributed by atoms with Crippen molar-refractivity contribution in [1.29, 1.82) is 0 Å². The maximum Gasteiger partial charge on any atom is 0.303 e. The summed E-state index contributed by atoms with van der Waals surface area (Å²) in [6, 6.07) is 0. The van der Waals surface area contributed by atoms with Gasteiger partial charge in [0.15, 0.2) is 0 Å². The zero-order valence-electron chi connectivity index (χ0n) is 14.9. The maximum absolute atomic E-state index is 10.8. The normalized spacial score (nSPS) is 15.6. The number of aliphatic carboxylic acids is 1. The zero-order chi connectivity index (χ0) is 16.8. The van der Waals surface area contributed by atoms with Gasteiger partial charge in [-0.1, -0.05) is 58.3 Å². The third-order valence-corrected chi connectivity index (χ3v) is 4.39. The van der Waals surface area contributed by atoms with Gasteiger partial charge in [-0.3, -0.25) is 4.79 Å². The maximum atomic E-state index is 10.8. The van der Waals surface area contributed by atoms with Crippen molar-refractivity contribution in [2.24, 2.45) is 17.8 Å². The molecule has 22 heavy (non-hydrogen) atoms. The molecule has 0 aromatic carbocycles. The smallest absolute Gasteiger partial charge is 0.303 e. The molecule has 0 saturated heterocycles. The van der Waals surface area contributed by atoms with Crippen molar-refractivity contribution in [3.05, 3.63) is 24.8 Å². The first kappa shape index (κ1) is 20.9. The second-order valence-electron chi connectivity index (χ2n) is 6.72. The van der Waals surface area contributed by atoms with Crippen LogP contribution in [0.3, 0.4) is 0 Å². The van der Waals surface area contributed by atoms with E-state index in [9.17, 15) is 4.79 Å². The predicted octanol–water partition coefficient (Wildman–Crippen LogP) is 6.23. The lowest BCUT2D eigenvalue weighted by Crippen LogP contribution is -2.12. The third-order valence-electron chi connectivity index (χ3n) is 4.39. The standard InChI is InChI=1S/C20H36O2/c1-5-7-8-9-10-11-13-19(18(4)12-6-2)15-14-17(3)16-20(21)22/h6,11,13,17-19H,2,5,7-10,12,14-16H2,1,3-4H3,(H,21,22)/t17-,18?,19?/m1/s1. The number of rotatable bonds is 14. The summed E-state index contributed by atoms with van der Waals surface area (Å²) in [6.45, 7) is 10.4. The Morgan fingerprint density at radius 2 is 1.91 bits per heavy atom. The quantitative estimate of drug-likeness (QED) is 0.305. The van der Waals surface area contributed by atoms with Gasteiger partial charge in [-0.2, -0.15) is 0 Å². The van der Waals surface area contributed by atoms with Crippen LogP contribution in [0, 0.1) is 17.8 Å². The van der Waals surface area contributed by atoms with Gasteiger partial charge in [0, 0.05) is 6.42 Å². The Morgan fingerprint density at radius 1 is 1.18 bits per heavy atom. The van der Waals surface area contributed by atoms with Crippen LogP contribution >= 0.6 is 0 Å². The van der Waals surface area contributed by atoms with Gasteiger partial charge >= 0.3 is 5.97 Å². The van der Waals surface area contributed by atoms with Crippen molar-refractivity contribution in [3.63, 3.8) is 0 Å². The summed E-state index contributed by atoms with van der Waals surface area (Å²) in [5.74, 6) is 0.699. The number of carbonyl (C=O) groups is 1. The van der Waals surface area contributed by atoms with Crippen LogP contribution in [0.25, 0.3) is 0 Å². The van der Waals surface area contributed by atoms with E-state index in [-0.39, 0.29) is 12.3 Å². The van der Waals surface area contributed by atoms with Gasteiger partial charge in [0.2, 0.25) is 0 Å². The molecule has 0 aliphatic rings. The van der Waals surface area contributed by atoms with E-state index in [2.05, 4.69) is 32.6 Å². The van der Waals surface area contributed by atoms with Gasteiger partial charge < -0.3 is 5.11 Å². The Labute approximate surface area is 137 Å². The Balaban J connectivity index is 4.27. The summed E-state index contributed by atoms with van der Waals surface area (Å²) >= 11 is 0. The fourth-order valence-electron chi connectivity index (χ4n) is 2.85. The minimum absolute atomic E-state index is 0.258. The van der Waals surface area contributed by atoms with Gasteiger partial charge in [0.05, 0.1) is 0 Å². The third kappa shape index (κ3) is 11.6. The Hall–Kier alpha value is -1.05. The molecule has 0 aliphatic carbocycles. The second-order valence-corrected chi connectivity index (χ2v) is 6.72. The Kier molecular flexibility index (Phi) is 13.0. The monoisotopic (exact) mass is 308 g/mol. The first-order chi connectivity index (χ1) is 10.5. The first-order valence-corrected chi connectivity index (χ1v) is 9.00. The fraction of sp³-hybridized carbons (Fsp3) is 0.750. The van der Waals surface area contributed by atoms with E-state index in [0.717, 1.165) is 19.3 Å². The van der Waals surface area contributed by atoms with Crippen LogP contribution in [-0.4, -0.2) is 11.1 Å². The number of unbranched alkanes of at least 4 members (excludes halogenated alkanes) is 4. The highest BCUT2D eigenvalue weighted by Gasteiger charge is 2.15. The summed E-state index contributed by atoms with van der Waals surface area (Å²) in [4.78, 5) is 10.8. The van der Waals surface area contributed by atoms with E-state index < -0.39 is 5.97 Å². The Bertz CT molecular complexity index is 320. The molecule has 0 aromatic rings. The highest BCUT2D eigenvalue weighted by molar-refractivity contribution is 5.66. The minimum Gasteiger partial charge on any atom is -0.481 e. The predicted molar refractivity (Wildman–Crippen MR) is 96.0 cm³/mol. The van der Waals surface area contributed by atoms with Crippen LogP contribution in [0.4, 0.5) is 0 Å². The summed E-state index contributed by atoms with van der Waals surface area (Å²) < 4.78 is 0. The molecular weight excluding hydrogens is 272 g/mol. The molecule has 1 N–H and O–H groups in total. The van der Waals surface area contributed by atoms with E-state index in [1.165, 1.54) is 32.1 Å². The van der Waals surface area contributed by atoms with Crippen molar-refractivity contribution in [2.75, 3.05) is 0 Å². The largest absolute Gasteiger partial charge is 0.481 e. The molecule has 128 valence electrons. The van der Waals surface area contributed by atoms with Crippen LogP contribution in [0.2, 0.25) is 0 Å². The Morgan fingerprint density at radius 3 is 2.50 bits per heavy atom. The minimum atomic E-state index is -0.686. The van der Waals surface area contributed by atoms with Crippen LogP contribution < -0.4 is 0 Å². The van der Waals surface area contributed by atoms with Crippen LogP contribution in [0.15, 0.2) is 24.8 Å². The number of carboxylic acids is 1. The number of hydrogen-bond acceptors (Lipinski definition) is 1. The molecule has 0 fully saturated rings. The average molecular weight is 309 g/mol. The zero-order valence-corrected chi connectivity index (χ0v) is 14.9. The van der Waals surface area contributed by atoms with Gasteiger partial charge in [-0.15, -0.1) is 6.58 Å². The molecule has 2 unspecified atom stereocenters. The fourth-order valence-corrected chi connectivity index (χ4v) is 2.85. The van der Waals surface area contributed by atoms with Crippen LogP contribution in [0.5, 0.6) is 0 Å². The molecule has 0 heterocycles. The number of carboxylic acid groups (broad SMARTS) is 1. The van der Waals surface area contributed by atoms with Gasteiger partial charge in [-0.05, 0) is 49.9 Å². The molecule has 0 amide bonds. The van der Waals surface area contributed by atoms with E-state index >= 15 is 0 Å². The van der Waals surface area contributed by atoms with E-state index in [1.54, 1.807) is 0 Å². The molecule has 0 rings (SSSR count). The SMILES string of the molecule is C=CCC(C)C(C=CCCCCCC)CC[C@@H](C)CC(=O)O. The van der Waals surface area contributed by atoms with E-state index in [4.69, 9.17) is 5.11 Å². The molecule has 0 aliphatic heterocycles. The molecule has 0 bridgehead atoms. The van der Waals surface area contributed by atoms with Crippen molar-refractivity contribution in [3.8, 4) is 0 Å². The van der Waals surface area contributed by atoms with Gasteiger partial charge in [-0.25, -0.2) is 0 Å².